The van der Waals surface area contributed by atoms with E-state index in [0.29, 0.717) is 12.3 Å². The van der Waals surface area contributed by atoms with Gasteiger partial charge in [0.2, 0.25) is 5.91 Å². The standard InChI is InChI=1S/C24H22N2OS/c1-3-26(22-14-8-10-18-9-4-5-12-20(18)22)24(27)16-28-23-15-17(2)19-11-6-7-13-21(19)25-23/h4-15H,3,16H2,1-2H3. The summed E-state index contributed by atoms with van der Waals surface area (Å²) in [5.41, 5.74) is 3.12. The van der Waals surface area contributed by atoms with Crippen LogP contribution in [-0.2, 0) is 4.79 Å². The second kappa shape index (κ2) is 8.03. The fourth-order valence-corrected chi connectivity index (χ4v) is 4.38. The Kier molecular flexibility index (Phi) is 5.31. The van der Waals surface area contributed by atoms with Crippen LogP contribution < -0.4 is 4.90 Å². The summed E-state index contributed by atoms with van der Waals surface area (Å²) in [6, 6.07) is 24.5. The van der Waals surface area contributed by atoms with Gasteiger partial charge in [0.15, 0.2) is 0 Å². The number of fused-ring (bicyclic) bond motifs is 2. The minimum atomic E-state index is 0.0939. The van der Waals surface area contributed by atoms with E-state index in [1.165, 1.54) is 17.3 Å². The molecular weight excluding hydrogens is 364 g/mol. The minimum absolute atomic E-state index is 0.0939. The van der Waals surface area contributed by atoms with Gasteiger partial charge in [-0.1, -0.05) is 66.4 Å². The van der Waals surface area contributed by atoms with Crippen LogP contribution in [0.3, 0.4) is 0 Å². The van der Waals surface area contributed by atoms with Crippen molar-refractivity contribution in [2.75, 3.05) is 17.2 Å². The van der Waals surface area contributed by atoms with Crippen molar-refractivity contribution in [2.24, 2.45) is 0 Å². The third-order valence-corrected chi connectivity index (χ3v) is 5.81. The van der Waals surface area contributed by atoms with Gasteiger partial charge in [-0.2, -0.15) is 0 Å². The second-order valence-corrected chi connectivity index (χ2v) is 7.72. The van der Waals surface area contributed by atoms with E-state index in [1.807, 2.05) is 54.3 Å². The number of aromatic nitrogens is 1. The van der Waals surface area contributed by atoms with Gasteiger partial charge >= 0.3 is 0 Å². The van der Waals surface area contributed by atoms with Crippen LogP contribution in [0.25, 0.3) is 21.7 Å². The normalized spacial score (nSPS) is 11.1. The number of rotatable bonds is 5. The lowest BCUT2D eigenvalue weighted by Crippen LogP contribution is -2.32. The molecule has 3 nitrogen and oxygen atoms in total. The molecule has 4 aromatic rings. The van der Waals surface area contributed by atoms with Crippen molar-refractivity contribution >= 4 is 45.0 Å². The van der Waals surface area contributed by atoms with Crippen molar-refractivity contribution < 1.29 is 4.79 Å². The first-order valence-electron chi connectivity index (χ1n) is 9.44. The fraction of sp³-hybridized carbons (Fsp3) is 0.167. The Bertz CT molecular complexity index is 1150. The molecule has 1 aromatic heterocycles. The van der Waals surface area contributed by atoms with Gasteiger partial charge in [0.1, 0.15) is 0 Å². The third kappa shape index (κ3) is 3.60. The molecule has 0 N–H and O–H groups in total. The molecule has 0 saturated heterocycles. The number of para-hydroxylation sites is 1. The van der Waals surface area contributed by atoms with Crippen molar-refractivity contribution in [2.45, 2.75) is 18.9 Å². The lowest BCUT2D eigenvalue weighted by atomic mass is 10.1. The molecule has 0 atom stereocenters. The Morgan fingerprint density at radius 3 is 2.50 bits per heavy atom. The quantitative estimate of drug-likeness (QED) is 0.404. The first kappa shape index (κ1) is 18.5. The highest BCUT2D eigenvalue weighted by Crippen LogP contribution is 2.28. The number of carbonyl (C=O) groups is 1. The summed E-state index contributed by atoms with van der Waals surface area (Å²) in [6.07, 6.45) is 0. The predicted octanol–water partition coefficient (Wildman–Crippen LogP) is 5.84. The van der Waals surface area contributed by atoms with Crippen LogP contribution >= 0.6 is 11.8 Å². The number of hydrogen-bond donors (Lipinski definition) is 0. The zero-order chi connectivity index (χ0) is 19.5. The van der Waals surface area contributed by atoms with Gasteiger partial charge in [0.25, 0.3) is 0 Å². The van der Waals surface area contributed by atoms with Crippen LogP contribution in [0.15, 0.2) is 77.8 Å². The Morgan fingerprint density at radius 1 is 0.964 bits per heavy atom. The van der Waals surface area contributed by atoms with E-state index < -0.39 is 0 Å². The maximum Gasteiger partial charge on any atom is 0.237 e. The van der Waals surface area contributed by atoms with Crippen molar-refractivity contribution in [1.82, 2.24) is 4.98 Å². The van der Waals surface area contributed by atoms with Crippen LogP contribution in [0.2, 0.25) is 0 Å². The zero-order valence-electron chi connectivity index (χ0n) is 16.1. The highest BCUT2D eigenvalue weighted by Gasteiger charge is 2.17. The maximum absolute atomic E-state index is 13.0. The number of benzene rings is 3. The number of thioether (sulfide) groups is 1. The van der Waals surface area contributed by atoms with Crippen LogP contribution in [0.1, 0.15) is 12.5 Å². The van der Waals surface area contributed by atoms with Crippen molar-refractivity contribution in [3.05, 3.63) is 78.4 Å². The molecule has 1 heterocycles. The van der Waals surface area contributed by atoms with E-state index in [-0.39, 0.29) is 5.91 Å². The lowest BCUT2D eigenvalue weighted by Gasteiger charge is -2.22. The Balaban J connectivity index is 1.57. The fourth-order valence-electron chi connectivity index (χ4n) is 3.53. The van der Waals surface area contributed by atoms with Gasteiger partial charge in [-0.3, -0.25) is 4.79 Å². The van der Waals surface area contributed by atoms with Gasteiger partial charge in [0.05, 0.1) is 22.0 Å². The number of anilines is 1. The SMILES string of the molecule is CCN(C(=O)CSc1cc(C)c2ccccc2n1)c1cccc2ccccc12. The molecule has 140 valence electrons. The summed E-state index contributed by atoms with van der Waals surface area (Å²) in [5.74, 6) is 0.457. The summed E-state index contributed by atoms with van der Waals surface area (Å²) in [7, 11) is 0. The average molecular weight is 387 g/mol. The molecule has 0 spiro atoms. The number of pyridine rings is 1. The van der Waals surface area contributed by atoms with E-state index in [2.05, 4.69) is 37.3 Å². The molecule has 0 fully saturated rings. The van der Waals surface area contributed by atoms with Crippen LogP contribution in [0, 0.1) is 6.92 Å². The largest absolute Gasteiger partial charge is 0.311 e. The number of nitrogens with zero attached hydrogens (tertiary/aromatic N) is 2. The topological polar surface area (TPSA) is 33.2 Å². The molecule has 28 heavy (non-hydrogen) atoms. The molecule has 0 aliphatic heterocycles. The monoisotopic (exact) mass is 386 g/mol. The molecule has 0 aliphatic rings. The Labute approximate surface area is 169 Å². The highest BCUT2D eigenvalue weighted by atomic mass is 32.2. The van der Waals surface area contributed by atoms with Crippen LogP contribution in [0.4, 0.5) is 5.69 Å². The number of aryl methyl sites for hydroxylation is 1. The van der Waals surface area contributed by atoms with Crippen LogP contribution in [0.5, 0.6) is 0 Å². The van der Waals surface area contributed by atoms with E-state index in [4.69, 9.17) is 4.98 Å². The lowest BCUT2D eigenvalue weighted by molar-refractivity contribution is -0.116. The summed E-state index contributed by atoms with van der Waals surface area (Å²) < 4.78 is 0. The van der Waals surface area contributed by atoms with Crippen molar-refractivity contribution in [3.8, 4) is 0 Å². The maximum atomic E-state index is 13.0. The molecule has 0 radical (unpaired) electrons. The van der Waals surface area contributed by atoms with E-state index >= 15 is 0 Å². The highest BCUT2D eigenvalue weighted by molar-refractivity contribution is 7.99. The van der Waals surface area contributed by atoms with E-state index in [1.54, 1.807) is 0 Å². The average Bonchev–Trinajstić information content (AvgIpc) is 2.73. The Morgan fingerprint density at radius 2 is 1.68 bits per heavy atom. The number of carbonyl (C=O) groups excluding carboxylic acids is 1. The van der Waals surface area contributed by atoms with Crippen molar-refractivity contribution in [1.29, 1.82) is 0 Å². The summed E-state index contributed by atoms with van der Waals surface area (Å²) in [5, 5.41) is 4.29. The van der Waals surface area contributed by atoms with Gasteiger partial charge in [-0.25, -0.2) is 4.98 Å². The summed E-state index contributed by atoms with van der Waals surface area (Å²) in [6.45, 7) is 4.74. The van der Waals surface area contributed by atoms with E-state index in [9.17, 15) is 4.79 Å². The first-order chi connectivity index (χ1) is 13.7. The number of amides is 1. The molecular formula is C24H22N2OS. The molecule has 0 aliphatic carbocycles. The Hall–Kier alpha value is -2.85. The molecule has 4 heteroatoms. The van der Waals surface area contributed by atoms with E-state index in [0.717, 1.165) is 32.4 Å². The smallest absolute Gasteiger partial charge is 0.237 e. The van der Waals surface area contributed by atoms with Gasteiger partial charge in [-0.15, -0.1) is 0 Å². The minimum Gasteiger partial charge on any atom is -0.311 e. The zero-order valence-corrected chi connectivity index (χ0v) is 16.9. The molecule has 1 amide bonds. The van der Waals surface area contributed by atoms with Gasteiger partial charge < -0.3 is 4.90 Å². The van der Waals surface area contributed by atoms with Gasteiger partial charge in [-0.05, 0) is 43.0 Å². The summed E-state index contributed by atoms with van der Waals surface area (Å²) in [4.78, 5) is 19.6. The summed E-state index contributed by atoms with van der Waals surface area (Å²) >= 11 is 1.50. The molecule has 0 unspecified atom stereocenters. The second-order valence-electron chi connectivity index (χ2n) is 6.72. The molecule has 3 aromatic carbocycles. The predicted molar refractivity (Wildman–Crippen MR) is 119 cm³/mol. The van der Waals surface area contributed by atoms with Gasteiger partial charge in [0, 0.05) is 17.3 Å². The molecule has 0 saturated carbocycles. The van der Waals surface area contributed by atoms with Crippen LogP contribution in [-0.4, -0.2) is 23.2 Å². The third-order valence-electron chi connectivity index (χ3n) is 4.92. The molecule has 4 rings (SSSR count). The molecule has 0 bridgehead atoms. The first-order valence-corrected chi connectivity index (χ1v) is 10.4. The van der Waals surface area contributed by atoms with Crippen molar-refractivity contribution in [3.63, 3.8) is 0 Å². The number of hydrogen-bond acceptors (Lipinski definition) is 3.